The number of fused-ring (bicyclic) bond motifs is 3. The van der Waals surface area contributed by atoms with E-state index in [0.29, 0.717) is 34.0 Å². The molecule has 0 aliphatic rings. The summed E-state index contributed by atoms with van der Waals surface area (Å²) in [4.78, 5) is 30.5. The molecule has 3 heterocycles. The summed E-state index contributed by atoms with van der Waals surface area (Å²) in [5.41, 5.74) is 2.13. The van der Waals surface area contributed by atoms with Gasteiger partial charge in [0.2, 0.25) is 5.78 Å². The zero-order valence-corrected chi connectivity index (χ0v) is 17.6. The Bertz CT molecular complexity index is 1430. The number of nitrogens with zero attached hydrogens (tertiary/aromatic N) is 5. The van der Waals surface area contributed by atoms with E-state index in [2.05, 4.69) is 11.6 Å². The Labute approximate surface area is 172 Å². The smallest absolute Gasteiger partial charge is 0.332 e. The highest BCUT2D eigenvalue weighted by Crippen LogP contribution is 2.31. The summed E-state index contributed by atoms with van der Waals surface area (Å²) in [7, 11) is 4.78. The number of methoxy groups -OCH3 is 2. The van der Waals surface area contributed by atoms with Gasteiger partial charge in [-0.3, -0.25) is 22.9 Å². The minimum absolute atomic E-state index is 0.153. The summed E-state index contributed by atoms with van der Waals surface area (Å²) in [6.07, 6.45) is 1.82. The number of ether oxygens (including phenoxy) is 2. The maximum atomic E-state index is 13.2. The van der Waals surface area contributed by atoms with E-state index in [-0.39, 0.29) is 6.54 Å². The van der Waals surface area contributed by atoms with Crippen molar-refractivity contribution in [1.29, 1.82) is 0 Å². The first-order valence-corrected chi connectivity index (χ1v) is 9.35. The van der Waals surface area contributed by atoms with Crippen LogP contribution in [0.4, 0.5) is 0 Å². The Hall–Kier alpha value is -3.75. The van der Waals surface area contributed by atoms with Crippen molar-refractivity contribution in [3.8, 4) is 17.2 Å². The third kappa shape index (κ3) is 2.73. The molecule has 1 aromatic carbocycles. The monoisotopic (exact) mass is 409 g/mol. The maximum absolute atomic E-state index is 13.2. The Morgan fingerprint density at radius 1 is 1.20 bits per heavy atom. The molecule has 0 spiro atoms. The van der Waals surface area contributed by atoms with Gasteiger partial charge in [-0.05, 0) is 26.0 Å². The fourth-order valence-corrected chi connectivity index (χ4v) is 3.69. The average Bonchev–Trinajstić information content (AvgIpc) is 3.23. The van der Waals surface area contributed by atoms with Crippen LogP contribution < -0.4 is 20.7 Å². The van der Waals surface area contributed by atoms with Gasteiger partial charge < -0.3 is 9.47 Å². The van der Waals surface area contributed by atoms with Crippen molar-refractivity contribution in [2.75, 3.05) is 14.2 Å². The van der Waals surface area contributed by atoms with Crippen LogP contribution >= 0.6 is 0 Å². The van der Waals surface area contributed by atoms with Gasteiger partial charge in [-0.25, -0.2) is 4.79 Å². The van der Waals surface area contributed by atoms with Crippen molar-refractivity contribution >= 4 is 16.9 Å². The zero-order chi connectivity index (χ0) is 21.7. The SMILES string of the molecule is C=C(C)Cn1c(=O)c2c(nc3n(-c4ccc(OC)cc4OC)c(C)cn23)n(C)c1=O. The predicted octanol–water partition coefficient (Wildman–Crippen LogP) is 2.04. The minimum Gasteiger partial charge on any atom is -0.497 e. The molecule has 30 heavy (non-hydrogen) atoms. The van der Waals surface area contributed by atoms with Crippen LogP contribution in [0.1, 0.15) is 12.6 Å². The van der Waals surface area contributed by atoms with Gasteiger partial charge in [0.1, 0.15) is 11.5 Å². The molecule has 0 aliphatic carbocycles. The van der Waals surface area contributed by atoms with Crippen molar-refractivity contribution in [3.63, 3.8) is 0 Å². The van der Waals surface area contributed by atoms with E-state index < -0.39 is 11.2 Å². The van der Waals surface area contributed by atoms with Crippen molar-refractivity contribution in [2.24, 2.45) is 7.05 Å². The number of hydrogen-bond donors (Lipinski definition) is 0. The first-order valence-electron chi connectivity index (χ1n) is 9.35. The highest BCUT2D eigenvalue weighted by molar-refractivity contribution is 5.77. The highest BCUT2D eigenvalue weighted by Gasteiger charge is 2.22. The van der Waals surface area contributed by atoms with Crippen molar-refractivity contribution < 1.29 is 9.47 Å². The third-order valence-electron chi connectivity index (χ3n) is 5.08. The molecule has 9 heteroatoms. The molecule has 0 atom stereocenters. The van der Waals surface area contributed by atoms with Crippen LogP contribution in [0.15, 0.2) is 46.1 Å². The molecule has 0 fully saturated rings. The first-order chi connectivity index (χ1) is 14.3. The molecule has 3 aromatic heterocycles. The lowest BCUT2D eigenvalue weighted by Gasteiger charge is -2.12. The Morgan fingerprint density at radius 2 is 1.93 bits per heavy atom. The summed E-state index contributed by atoms with van der Waals surface area (Å²) in [6.45, 7) is 7.67. The molecule has 0 aliphatic heterocycles. The standard InChI is InChI=1S/C21H23N5O4/c1-12(2)10-25-19(27)17-18(23(4)21(25)28)22-20-24(17)11-13(3)26(20)15-8-7-14(29-5)9-16(15)30-6/h7-9,11H,1,10H2,2-6H3. The number of aromatic nitrogens is 5. The van der Waals surface area contributed by atoms with Crippen LogP contribution in [0.2, 0.25) is 0 Å². The van der Waals surface area contributed by atoms with E-state index >= 15 is 0 Å². The van der Waals surface area contributed by atoms with Gasteiger partial charge in [-0.1, -0.05) is 12.2 Å². The van der Waals surface area contributed by atoms with E-state index in [0.717, 1.165) is 11.4 Å². The zero-order valence-electron chi connectivity index (χ0n) is 17.6. The van der Waals surface area contributed by atoms with Crippen molar-refractivity contribution in [1.82, 2.24) is 23.1 Å². The summed E-state index contributed by atoms with van der Waals surface area (Å²) < 4.78 is 17.0. The minimum atomic E-state index is -0.429. The normalized spacial score (nSPS) is 11.4. The molecule has 0 unspecified atom stereocenters. The second-order valence-electron chi connectivity index (χ2n) is 7.29. The van der Waals surface area contributed by atoms with Gasteiger partial charge in [0, 0.05) is 25.0 Å². The Kier molecular flexibility index (Phi) is 4.53. The second kappa shape index (κ2) is 6.94. The molecule has 4 aromatic rings. The molecule has 9 nitrogen and oxygen atoms in total. The van der Waals surface area contributed by atoms with Crippen LogP contribution in [0, 0.1) is 6.92 Å². The van der Waals surface area contributed by atoms with Gasteiger partial charge in [-0.2, -0.15) is 4.98 Å². The molecule has 0 saturated carbocycles. The number of imidazole rings is 2. The van der Waals surface area contributed by atoms with Gasteiger partial charge in [0.05, 0.1) is 26.5 Å². The molecule has 0 bridgehead atoms. The van der Waals surface area contributed by atoms with E-state index in [9.17, 15) is 9.59 Å². The molecule has 0 N–H and O–H groups in total. The second-order valence-corrected chi connectivity index (χ2v) is 7.29. The van der Waals surface area contributed by atoms with Crippen LogP contribution in [0.5, 0.6) is 11.5 Å². The summed E-state index contributed by atoms with van der Waals surface area (Å²) in [5.74, 6) is 1.76. The maximum Gasteiger partial charge on any atom is 0.332 e. The number of rotatable bonds is 5. The third-order valence-corrected chi connectivity index (χ3v) is 5.08. The van der Waals surface area contributed by atoms with Crippen molar-refractivity contribution in [3.05, 3.63) is 63.1 Å². The van der Waals surface area contributed by atoms with Gasteiger partial charge in [0.15, 0.2) is 11.2 Å². The number of allylic oxidation sites excluding steroid dienone is 1. The van der Waals surface area contributed by atoms with Crippen LogP contribution in [0.3, 0.4) is 0 Å². The number of aryl methyl sites for hydroxylation is 2. The molecule has 0 amide bonds. The lowest BCUT2D eigenvalue weighted by molar-refractivity contribution is 0.393. The predicted molar refractivity (Wildman–Crippen MR) is 114 cm³/mol. The molecular weight excluding hydrogens is 386 g/mol. The largest absolute Gasteiger partial charge is 0.497 e. The number of benzene rings is 1. The lowest BCUT2D eigenvalue weighted by Crippen LogP contribution is -2.39. The van der Waals surface area contributed by atoms with E-state index in [1.165, 1.54) is 9.13 Å². The van der Waals surface area contributed by atoms with Crippen LogP contribution in [-0.2, 0) is 13.6 Å². The quantitative estimate of drug-likeness (QED) is 0.471. The summed E-state index contributed by atoms with van der Waals surface area (Å²) >= 11 is 0. The first kappa shape index (κ1) is 19.6. The summed E-state index contributed by atoms with van der Waals surface area (Å²) in [5, 5.41) is 0. The van der Waals surface area contributed by atoms with Crippen LogP contribution in [-0.4, -0.2) is 37.3 Å². The summed E-state index contributed by atoms with van der Waals surface area (Å²) in [6, 6.07) is 5.47. The lowest BCUT2D eigenvalue weighted by atomic mass is 10.2. The van der Waals surface area contributed by atoms with Gasteiger partial charge in [-0.15, -0.1) is 0 Å². The van der Waals surface area contributed by atoms with Gasteiger partial charge in [0.25, 0.3) is 5.56 Å². The topological polar surface area (TPSA) is 84.7 Å². The average molecular weight is 409 g/mol. The highest BCUT2D eigenvalue weighted by atomic mass is 16.5. The molecule has 4 rings (SSSR count). The Balaban J connectivity index is 2.10. The molecular formula is C21H23N5O4. The Morgan fingerprint density at radius 3 is 2.57 bits per heavy atom. The fourth-order valence-electron chi connectivity index (χ4n) is 3.69. The van der Waals surface area contributed by atoms with Gasteiger partial charge >= 0.3 is 5.69 Å². The number of hydrogen-bond acceptors (Lipinski definition) is 5. The molecule has 0 radical (unpaired) electrons. The van der Waals surface area contributed by atoms with E-state index in [1.807, 2.05) is 29.8 Å². The van der Waals surface area contributed by atoms with E-state index in [4.69, 9.17) is 9.47 Å². The molecule has 0 saturated heterocycles. The van der Waals surface area contributed by atoms with Crippen molar-refractivity contribution in [2.45, 2.75) is 20.4 Å². The fraction of sp³-hybridized carbons (Fsp3) is 0.286. The molecule has 156 valence electrons. The van der Waals surface area contributed by atoms with E-state index in [1.54, 1.807) is 38.7 Å². The van der Waals surface area contributed by atoms with Crippen LogP contribution in [0.25, 0.3) is 22.6 Å².